The van der Waals surface area contributed by atoms with Gasteiger partial charge < -0.3 is 9.47 Å². The molecule has 0 aliphatic rings. The molecule has 0 N–H and O–H groups in total. The Morgan fingerprint density at radius 3 is 2.11 bits per heavy atom. The molecule has 0 bridgehead atoms. The maximum absolute atomic E-state index is 10.9. The second-order valence-corrected chi connectivity index (χ2v) is 5.90. The van der Waals surface area contributed by atoms with Crippen LogP contribution in [0.5, 0.6) is 0 Å². The summed E-state index contributed by atoms with van der Waals surface area (Å²) in [4.78, 5) is 29.6. The molecule has 0 atom stereocenters. The SMILES string of the molecule is C=COCCCCc1cc(N=C=O)c(CCCCOC=C)c(N=C=O)c1C. The van der Waals surface area contributed by atoms with Crippen molar-refractivity contribution in [1.29, 1.82) is 0 Å². The van der Waals surface area contributed by atoms with E-state index in [-0.39, 0.29) is 0 Å². The maximum atomic E-state index is 10.9. The first-order chi connectivity index (χ1) is 13.2. The molecule has 0 aliphatic heterocycles. The molecule has 27 heavy (non-hydrogen) atoms. The number of hydrogen-bond acceptors (Lipinski definition) is 6. The van der Waals surface area contributed by atoms with Gasteiger partial charge in [0.15, 0.2) is 0 Å². The van der Waals surface area contributed by atoms with E-state index in [9.17, 15) is 9.59 Å². The number of benzene rings is 1. The molecule has 0 saturated heterocycles. The number of carbonyl (C=O) groups excluding carboxylic acids is 2. The van der Waals surface area contributed by atoms with Gasteiger partial charge in [-0.25, -0.2) is 9.59 Å². The van der Waals surface area contributed by atoms with Crippen molar-refractivity contribution >= 4 is 23.5 Å². The number of aryl methyl sites for hydroxylation is 1. The average molecular weight is 370 g/mol. The van der Waals surface area contributed by atoms with Crippen molar-refractivity contribution in [3.05, 3.63) is 48.4 Å². The van der Waals surface area contributed by atoms with Gasteiger partial charge >= 0.3 is 0 Å². The van der Waals surface area contributed by atoms with Gasteiger partial charge in [-0.15, -0.1) is 0 Å². The Labute approximate surface area is 160 Å². The molecule has 1 aromatic carbocycles. The normalized spacial score (nSPS) is 9.67. The minimum atomic E-state index is 0.506. The Kier molecular flexibility index (Phi) is 10.9. The highest BCUT2D eigenvalue weighted by atomic mass is 16.5. The van der Waals surface area contributed by atoms with Crippen LogP contribution >= 0.6 is 0 Å². The number of hydrogen-bond donors (Lipinski definition) is 0. The van der Waals surface area contributed by atoms with E-state index in [1.54, 1.807) is 12.2 Å². The highest BCUT2D eigenvalue weighted by molar-refractivity contribution is 5.71. The zero-order valence-electron chi connectivity index (χ0n) is 15.8. The molecule has 0 radical (unpaired) electrons. The van der Waals surface area contributed by atoms with Crippen LogP contribution < -0.4 is 0 Å². The van der Waals surface area contributed by atoms with E-state index < -0.39 is 0 Å². The van der Waals surface area contributed by atoms with Crippen LogP contribution in [0.4, 0.5) is 11.4 Å². The zero-order valence-corrected chi connectivity index (χ0v) is 15.8. The lowest BCUT2D eigenvalue weighted by Gasteiger charge is -2.15. The predicted molar refractivity (Wildman–Crippen MR) is 105 cm³/mol. The van der Waals surface area contributed by atoms with E-state index in [4.69, 9.17) is 9.47 Å². The molecule has 0 saturated carbocycles. The topological polar surface area (TPSA) is 77.3 Å². The van der Waals surface area contributed by atoms with Gasteiger partial charge in [0, 0.05) is 5.56 Å². The molecule has 0 amide bonds. The van der Waals surface area contributed by atoms with Crippen LogP contribution in [0.15, 0.2) is 41.7 Å². The molecule has 0 aliphatic carbocycles. The fourth-order valence-electron chi connectivity index (χ4n) is 2.87. The van der Waals surface area contributed by atoms with Gasteiger partial charge in [-0.3, -0.25) is 0 Å². The van der Waals surface area contributed by atoms with Crippen molar-refractivity contribution in [2.45, 2.75) is 45.4 Å². The average Bonchev–Trinajstić information content (AvgIpc) is 2.66. The fourth-order valence-corrected chi connectivity index (χ4v) is 2.87. The van der Waals surface area contributed by atoms with Crippen LogP contribution in [-0.2, 0) is 31.9 Å². The van der Waals surface area contributed by atoms with Crippen molar-refractivity contribution in [2.24, 2.45) is 9.98 Å². The molecule has 0 fully saturated rings. The molecule has 0 spiro atoms. The zero-order chi connectivity index (χ0) is 19.9. The van der Waals surface area contributed by atoms with E-state index in [2.05, 4.69) is 23.1 Å². The first-order valence-corrected chi connectivity index (χ1v) is 8.95. The second-order valence-electron chi connectivity index (χ2n) is 5.90. The summed E-state index contributed by atoms with van der Waals surface area (Å²) in [5.74, 6) is 0. The third-order valence-corrected chi connectivity index (χ3v) is 4.20. The first-order valence-electron chi connectivity index (χ1n) is 8.95. The van der Waals surface area contributed by atoms with Gasteiger partial charge in [-0.05, 0) is 62.6 Å². The summed E-state index contributed by atoms with van der Waals surface area (Å²) in [6.45, 7) is 10.1. The molecule has 144 valence electrons. The van der Waals surface area contributed by atoms with Gasteiger partial charge in [0.2, 0.25) is 12.2 Å². The van der Waals surface area contributed by atoms with Gasteiger partial charge in [-0.2, -0.15) is 9.98 Å². The molecular weight excluding hydrogens is 344 g/mol. The van der Waals surface area contributed by atoms with Gasteiger partial charge in [0.1, 0.15) is 0 Å². The lowest BCUT2D eigenvalue weighted by molar-refractivity contribution is 0.243. The quantitative estimate of drug-likeness (QED) is 0.202. The van der Waals surface area contributed by atoms with Gasteiger partial charge in [0.05, 0.1) is 37.1 Å². The van der Waals surface area contributed by atoms with Crippen molar-refractivity contribution in [3.63, 3.8) is 0 Å². The standard InChI is InChI=1S/C21H26N2O4/c1-4-26-12-8-6-10-18-14-20(22-15-24)19(11-7-9-13-27-5-2)21(17(18)3)23-16-25/h4-5,14H,1-2,6-13H2,3H3. The van der Waals surface area contributed by atoms with Crippen LogP contribution in [0, 0.1) is 6.92 Å². The lowest BCUT2D eigenvalue weighted by atomic mass is 9.94. The number of unbranched alkanes of at least 4 members (excludes halogenated alkanes) is 2. The maximum Gasteiger partial charge on any atom is 0.240 e. The Hall–Kier alpha value is -2.94. The number of aliphatic imine (C=N–C) groups is 2. The summed E-state index contributed by atoms with van der Waals surface area (Å²) in [5, 5.41) is 0. The number of rotatable bonds is 14. The molecule has 1 aromatic rings. The second kappa shape index (κ2) is 13.3. The van der Waals surface area contributed by atoms with Gasteiger partial charge in [-0.1, -0.05) is 13.2 Å². The van der Waals surface area contributed by atoms with Crippen molar-refractivity contribution in [1.82, 2.24) is 0 Å². The summed E-state index contributed by atoms with van der Waals surface area (Å²) >= 11 is 0. The van der Waals surface area contributed by atoms with E-state index in [1.165, 1.54) is 12.5 Å². The highest BCUT2D eigenvalue weighted by Gasteiger charge is 2.15. The van der Waals surface area contributed by atoms with E-state index in [0.717, 1.165) is 48.8 Å². The Bertz CT molecular complexity index is 730. The molecule has 1 rings (SSSR count). The van der Waals surface area contributed by atoms with E-state index in [1.807, 2.05) is 13.0 Å². The monoisotopic (exact) mass is 370 g/mol. The predicted octanol–water partition coefficient (Wildman–Crippen LogP) is 4.90. The minimum absolute atomic E-state index is 0.506. The number of isocyanates is 2. The Balaban J connectivity index is 3.07. The lowest BCUT2D eigenvalue weighted by Crippen LogP contribution is -1.98. The van der Waals surface area contributed by atoms with E-state index >= 15 is 0 Å². The van der Waals surface area contributed by atoms with Crippen LogP contribution in [0.3, 0.4) is 0 Å². The fraction of sp³-hybridized carbons (Fsp3) is 0.429. The molecule has 0 aromatic heterocycles. The molecule has 0 unspecified atom stereocenters. The molecule has 6 heteroatoms. The third-order valence-electron chi connectivity index (χ3n) is 4.20. The number of nitrogens with zero attached hydrogens (tertiary/aromatic N) is 2. The van der Waals surface area contributed by atoms with Crippen LogP contribution in [0.25, 0.3) is 0 Å². The summed E-state index contributed by atoms with van der Waals surface area (Å²) in [6, 6.07) is 1.88. The summed E-state index contributed by atoms with van der Waals surface area (Å²) in [7, 11) is 0. The third kappa shape index (κ3) is 7.45. The van der Waals surface area contributed by atoms with Crippen LogP contribution in [0.2, 0.25) is 0 Å². The number of ether oxygens (including phenoxy) is 2. The van der Waals surface area contributed by atoms with Crippen molar-refractivity contribution < 1.29 is 19.1 Å². The molecule has 6 nitrogen and oxygen atoms in total. The highest BCUT2D eigenvalue weighted by Crippen LogP contribution is 2.36. The van der Waals surface area contributed by atoms with E-state index in [0.29, 0.717) is 31.0 Å². The van der Waals surface area contributed by atoms with Crippen LogP contribution in [0.1, 0.15) is 42.4 Å². The summed E-state index contributed by atoms with van der Waals surface area (Å²) in [6.07, 6.45) is 10.8. The Morgan fingerprint density at radius 1 is 0.963 bits per heavy atom. The summed E-state index contributed by atoms with van der Waals surface area (Å²) < 4.78 is 10.2. The molecule has 0 heterocycles. The van der Waals surface area contributed by atoms with Crippen molar-refractivity contribution in [3.8, 4) is 0 Å². The van der Waals surface area contributed by atoms with Gasteiger partial charge in [0.25, 0.3) is 0 Å². The largest absolute Gasteiger partial charge is 0.502 e. The van der Waals surface area contributed by atoms with Crippen LogP contribution in [-0.4, -0.2) is 25.4 Å². The Morgan fingerprint density at radius 2 is 1.56 bits per heavy atom. The molecular formula is C21H26N2O4. The van der Waals surface area contributed by atoms with Crippen molar-refractivity contribution in [2.75, 3.05) is 13.2 Å². The minimum Gasteiger partial charge on any atom is -0.502 e. The summed E-state index contributed by atoms with van der Waals surface area (Å²) in [5.41, 5.74) is 3.71. The first kappa shape index (κ1) is 22.1. The smallest absolute Gasteiger partial charge is 0.240 e.